The maximum absolute atomic E-state index is 5.71. The first-order valence-corrected chi connectivity index (χ1v) is 5.28. The summed E-state index contributed by atoms with van der Waals surface area (Å²) < 4.78 is 0. The van der Waals surface area contributed by atoms with Crippen molar-refractivity contribution in [3.8, 4) is 0 Å². The van der Waals surface area contributed by atoms with E-state index in [1.54, 1.807) is 0 Å². The lowest BCUT2D eigenvalue weighted by Crippen LogP contribution is -2.22. The number of hydrogen-bond donors (Lipinski definition) is 1. The Bertz CT molecular complexity index is 87.3. The molecule has 0 saturated carbocycles. The van der Waals surface area contributed by atoms with Crippen LogP contribution in [0, 0.1) is 5.92 Å². The van der Waals surface area contributed by atoms with Crippen LogP contribution in [0.5, 0.6) is 0 Å². The van der Waals surface area contributed by atoms with E-state index in [1.807, 2.05) is 0 Å². The third-order valence-electron chi connectivity index (χ3n) is 1.96. The molecule has 2 heteroatoms. The highest BCUT2D eigenvalue weighted by Gasteiger charge is 2.14. The van der Waals surface area contributed by atoms with Crippen LogP contribution >= 0.6 is 11.8 Å². The van der Waals surface area contributed by atoms with Gasteiger partial charge in [0, 0.05) is 6.04 Å². The first-order chi connectivity index (χ1) is 4.79. The molecule has 0 aromatic heterocycles. The second-order valence-electron chi connectivity index (χ2n) is 3.30. The molecule has 2 atom stereocenters. The summed E-state index contributed by atoms with van der Waals surface area (Å²) in [6, 6.07) is 0.406. The van der Waals surface area contributed by atoms with E-state index in [-0.39, 0.29) is 0 Å². The molecular formula is C8H17NS. The van der Waals surface area contributed by atoms with Gasteiger partial charge in [-0.25, -0.2) is 0 Å². The number of rotatable bonds is 2. The molecule has 0 radical (unpaired) electrons. The summed E-state index contributed by atoms with van der Waals surface area (Å²) in [4.78, 5) is 0. The summed E-state index contributed by atoms with van der Waals surface area (Å²) in [5.74, 6) is 3.63. The Morgan fingerprint density at radius 2 is 2.50 bits per heavy atom. The molecule has 1 aliphatic rings. The zero-order chi connectivity index (χ0) is 7.40. The molecule has 0 amide bonds. The van der Waals surface area contributed by atoms with E-state index >= 15 is 0 Å². The van der Waals surface area contributed by atoms with Crippen molar-refractivity contribution in [3.63, 3.8) is 0 Å². The van der Waals surface area contributed by atoms with Crippen molar-refractivity contribution in [2.45, 2.75) is 32.2 Å². The quantitative estimate of drug-likeness (QED) is 0.665. The Morgan fingerprint density at radius 1 is 1.70 bits per heavy atom. The second-order valence-corrected chi connectivity index (χ2v) is 4.45. The molecule has 2 N–H and O–H groups in total. The number of thioether (sulfide) groups is 1. The van der Waals surface area contributed by atoms with Gasteiger partial charge in [-0.2, -0.15) is 11.8 Å². The van der Waals surface area contributed by atoms with Crippen LogP contribution in [0.25, 0.3) is 0 Å². The Kier molecular flexibility index (Phi) is 3.57. The largest absolute Gasteiger partial charge is 0.328 e. The summed E-state index contributed by atoms with van der Waals surface area (Å²) in [5, 5.41) is 0. The molecule has 1 fully saturated rings. The molecule has 10 heavy (non-hydrogen) atoms. The van der Waals surface area contributed by atoms with E-state index in [2.05, 4.69) is 18.7 Å². The third kappa shape index (κ3) is 2.93. The maximum Gasteiger partial charge on any atom is 0.00134 e. The van der Waals surface area contributed by atoms with Gasteiger partial charge >= 0.3 is 0 Å². The van der Waals surface area contributed by atoms with Gasteiger partial charge in [0.1, 0.15) is 0 Å². The number of hydrogen-bond acceptors (Lipinski definition) is 2. The minimum atomic E-state index is 0.406. The van der Waals surface area contributed by atoms with Gasteiger partial charge in [-0.05, 0) is 43.6 Å². The molecule has 1 unspecified atom stereocenters. The first-order valence-electron chi connectivity index (χ1n) is 4.12. The Labute approximate surface area is 67.8 Å². The van der Waals surface area contributed by atoms with E-state index < -0.39 is 0 Å². The van der Waals surface area contributed by atoms with Gasteiger partial charge in [-0.3, -0.25) is 0 Å². The van der Waals surface area contributed by atoms with Crippen LogP contribution < -0.4 is 5.73 Å². The SMILES string of the molecule is C[C@@H](N)CC1CCCSC1. The minimum Gasteiger partial charge on any atom is -0.328 e. The van der Waals surface area contributed by atoms with Crippen LogP contribution in [0.15, 0.2) is 0 Å². The maximum atomic E-state index is 5.71. The van der Waals surface area contributed by atoms with Crippen LogP contribution in [0.4, 0.5) is 0 Å². The standard InChI is InChI=1S/C8H17NS/c1-7(9)5-8-3-2-4-10-6-8/h7-8H,2-6,9H2,1H3/t7-,8?/m1/s1. The van der Waals surface area contributed by atoms with Gasteiger partial charge in [0.15, 0.2) is 0 Å². The molecular weight excluding hydrogens is 142 g/mol. The first kappa shape index (κ1) is 8.41. The van der Waals surface area contributed by atoms with Crippen molar-refractivity contribution in [1.29, 1.82) is 0 Å². The molecule has 1 heterocycles. The van der Waals surface area contributed by atoms with E-state index in [9.17, 15) is 0 Å². The molecule has 1 nitrogen and oxygen atoms in total. The minimum absolute atomic E-state index is 0.406. The molecule has 1 aliphatic heterocycles. The van der Waals surface area contributed by atoms with E-state index in [0.29, 0.717) is 6.04 Å². The van der Waals surface area contributed by atoms with E-state index in [1.165, 1.54) is 30.8 Å². The van der Waals surface area contributed by atoms with Crippen LogP contribution in [-0.2, 0) is 0 Å². The van der Waals surface area contributed by atoms with Gasteiger partial charge in [-0.1, -0.05) is 0 Å². The predicted molar refractivity (Wildman–Crippen MR) is 48.3 cm³/mol. The molecule has 0 aromatic rings. The molecule has 0 aromatic carbocycles. The molecule has 60 valence electrons. The monoisotopic (exact) mass is 159 g/mol. The highest BCUT2D eigenvalue weighted by atomic mass is 32.2. The fourth-order valence-electron chi connectivity index (χ4n) is 1.52. The highest BCUT2D eigenvalue weighted by Crippen LogP contribution is 2.25. The van der Waals surface area contributed by atoms with Crippen LogP contribution in [0.2, 0.25) is 0 Å². The third-order valence-corrected chi connectivity index (χ3v) is 3.24. The van der Waals surface area contributed by atoms with Crippen LogP contribution in [0.3, 0.4) is 0 Å². The fourth-order valence-corrected chi connectivity index (χ4v) is 2.69. The average Bonchev–Trinajstić information content (AvgIpc) is 1.88. The number of nitrogens with two attached hydrogens (primary N) is 1. The summed E-state index contributed by atoms with van der Waals surface area (Å²) in [6.07, 6.45) is 4.05. The van der Waals surface area contributed by atoms with Gasteiger partial charge in [0.2, 0.25) is 0 Å². The zero-order valence-electron chi connectivity index (χ0n) is 6.68. The topological polar surface area (TPSA) is 26.0 Å². The lowest BCUT2D eigenvalue weighted by Gasteiger charge is -2.22. The van der Waals surface area contributed by atoms with Crippen molar-refractivity contribution in [3.05, 3.63) is 0 Å². The lowest BCUT2D eigenvalue weighted by atomic mass is 9.98. The summed E-state index contributed by atoms with van der Waals surface area (Å²) in [5.41, 5.74) is 5.71. The van der Waals surface area contributed by atoms with Crippen LogP contribution in [0.1, 0.15) is 26.2 Å². The van der Waals surface area contributed by atoms with Gasteiger partial charge in [0.05, 0.1) is 0 Å². The van der Waals surface area contributed by atoms with Crippen LogP contribution in [-0.4, -0.2) is 17.5 Å². The van der Waals surface area contributed by atoms with Gasteiger partial charge < -0.3 is 5.73 Å². The summed E-state index contributed by atoms with van der Waals surface area (Å²) in [6.45, 7) is 2.11. The fraction of sp³-hybridized carbons (Fsp3) is 1.00. The second kappa shape index (κ2) is 4.24. The smallest absolute Gasteiger partial charge is 0.00134 e. The Morgan fingerprint density at radius 3 is 3.00 bits per heavy atom. The van der Waals surface area contributed by atoms with Crippen molar-refractivity contribution in [1.82, 2.24) is 0 Å². The van der Waals surface area contributed by atoms with Gasteiger partial charge in [-0.15, -0.1) is 0 Å². The van der Waals surface area contributed by atoms with Gasteiger partial charge in [0.25, 0.3) is 0 Å². The molecule has 1 saturated heterocycles. The molecule has 0 spiro atoms. The summed E-state index contributed by atoms with van der Waals surface area (Å²) in [7, 11) is 0. The normalized spacial score (nSPS) is 30.0. The zero-order valence-corrected chi connectivity index (χ0v) is 7.49. The van der Waals surface area contributed by atoms with Crippen molar-refractivity contribution in [2.75, 3.05) is 11.5 Å². The van der Waals surface area contributed by atoms with Crippen molar-refractivity contribution in [2.24, 2.45) is 11.7 Å². The van der Waals surface area contributed by atoms with E-state index in [0.717, 1.165) is 5.92 Å². The summed E-state index contributed by atoms with van der Waals surface area (Å²) >= 11 is 2.09. The van der Waals surface area contributed by atoms with E-state index in [4.69, 9.17) is 5.73 Å². The Hall–Kier alpha value is 0.310. The predicted octanol–water partition coefficient (Wildman–Crippen LogP) is 1.87. The highest BCUT2D eigenvalue weighted by molar-refractivity contribution is 7.99. The van der Waals surface area contributed by atoms with Crippen molar-refractivity contribution >= 4 is 11.8 Å². The molecule has 1 rings (SSSR count). The Balaban J connectivity index is 2.13. The van der Waals surface area contributed by atoms with Crippen molar-refractivity contribution < 1.29 is 0 Å². The average molecular weight is 159 g/mol. The molecule has 0 aliphatic carbocycles. The molecule has 0 bridgehead atoms. The lowest BCUT2D eigenvalue weighted by molar-refractivity contribution is 0.447.